The highest BCUT2D eigenvalue weighted by molar-refractivity contribution is 7.80. The van der Waals surface area contributed by atoms with Gasteiger partial charge in [-0.25, -0.2) is 9.97 Å². The van der Waals surface area contributed by atoms with Crippen LogP contribution in [0.5, 0.6) is 0 Å². The van der Waals surface area contributed by atoms with E-state index in [-0.39, 0.29) is 0 Å². The van der Waals surface area contributed by atoms with Gasteiger partial charge >= 0.3 is 0 Å². The van der Waals surface area contributed by atoms with Crippen LogP contribution in [0.2, 0.25) is 0 Å². The largest absolute Gasteiger partial charge is 0.359 e. The zero-order valence-electron chi connectivity index (χ0n) is 12.7. The topological polar surface area (TPSA) is 61.9 Å². The summed E-state index contributed by atoms with van der Waals surface area (Å²) in [6.07, 6.45) is 1.75. The van der Waals surface area contributed by atoms with E-state index in [1.807, 2.05) is 44.2 Å². The zero-order valence-corrected chi connectivity index (χ0v) is 13.5. The first-order valence-electron chi connectivity index (χ1n) is 6.92. The Kier molecular flexibility index (Phi) is 5.43. The predicted molar refractivity (Wildman–Crippen MR) is 95.7 cm³/mol. The van der Waals surface area contributed by atoms with Crippen LogP contribution in [0.15, 0.2) is 43.0 Å². The molecular formula is C16H19N5S. The number of aromatic nitrogens is 2. The van der Waals surface area contributed by atoms with E-state index >= 15 is 0 Å². The fraction of sp³-hybridized carbons (Fsp3) is 0.188. The number of aryl methyl sites for hydroxylation is 2. The zero-order chi connectivity index (χ0) is 15.9. The summed E-state index contributed by atoms with van der Waals surface area (Å²) in [5, 5.41) is 9.90. The monoisotopic (exact) mass is 313 g/mol. The second kappa shape index (κ2) is 7.51. The van der Waals surface area contributed by atoms with Crippen molar-refractivity contribution >= 4 is 34.7 Å². The molecule has 5 nitrogen and oxygen atoms in total. The molecule has 0 spiro atoms. The van der Waals surface area contributed by atoms with Gasteiger partial charge in [-0.05, 0) is 50.3 Å². The number of rotatable bonds is 5. The average molecular weight is 313 g/mol. The lowest BCUT2D eigenvalue weighted by atomic mass is 10.3. The number of hydrogen-bond acceptors (Lipinski definition) is 4. The molecule has 1 aromatic heterocycles. The van der Waals surface area contributed by atoms with Crippen LogP contribution < -0.4 is 16.0 Å². The second-order valence-electron chi connectivity index (χ2n) is 4.80. The highest BCUT2D eigenvalue weighted by Crippen LogP contribution is 2.18. The Bertz CT molecular complexity index is 664. The van der Waals surface area contributed by atoms with Gasteiger partial charge in [0.15, 0.2) is 5.11 Å². The summed E-state index contributed by atoms with van der Waals surface area (Å²) in [6, 6.07) is 9.71. The Morgan fingerprint density at radius 2 is 1.86 bits per heavy atom. The summed E-state index contributed by atoms with van der Waals surface area (Å²) in [7, 11) is 0. The van der Waals surface area contributed by atoms with Gasteiger partial charge in [-0.15, -0.1) is 6.58 Å². The molecule has 1 heterocycles. The van der Waals surface area contributed by atoms with Crippen molar-refractivity contribution < 1.29 is 0 Å². The van der Waals surface area contributed by atoms with Crippen molar-refractivity contribution in [3.05, 3.63) is 54.4 Å². The fourth-order valence-corrected chi connectivity index (χ4v) is 2.13. The first kappa shape index (κ1) is 15.9. The van der Waals surface area contributed by atoms with E-state index < -0.39 is 0 Å². The van der Waals surface area contributed by atoms with Crippen molar-refractivity contribution in [2.45, 2.75) is 13.8 Å². The van der Waals surface area contributed by atoms with E-state index in [9.17, 15) is 0 Å². The van der Waals surface area contributed by atoms with Crippen LogP contribution in [-0.4, -0.2) is 21.6 Å². The van der Waals surface area contributed by atoms with E-state index in [2.05, 4.69) is 32.5 Å². The molecule has 2 aromatic rings. The van der Waals surface area contributed by atoms with Crippen molar-refractivity contribution in [2.75, 3.05) is 17.2 Å². The molecule has 0 aliphatic rings. The van der Waals surface area contributed by atoms with E-state index in [1.54, 1.807) is 6.08 Å². The molecule has 0 amide bonds. The van der Waals surface area contributed by atoms with Crippen molar-refractivity contribution in [3.8, 4) is 0 Å². The SMILES string of the molecule is C=CCNC(=S)Nc1cccc(Nc2nc(C)cc(C)n2)c1. The molecule has 114 valence electrons. The molecule has 0 unspecified atom stereocenters. The molecule has 0 bridgehead atoms. The summed E-state index contributed by atoms with van der Waals surface area (Å²) >= 11 is 5.19. The third-order valence-electron chi connectivity index (χ3n) is 2.77. The number of anilines is 3. The van der Waals surface area contributed by atoms with Crippen molar-refractivity contribution in [3.63, 3.8) is 0 Å². The summed E-state index contributed by atoms with van der Waals surface area (Å²) in [4.78, 5) is 8.74. The lowest BCUT2D eigenvalue weighted by molar-refractivity contribution is 1.06. The van der Waals surface area contributed by atoms with Gasteiger partial charge < -0.3 is 16.0 Å². The second-order valence-corrected chi connectivity index (χ2v) is 5.21. The van der Waals surface area contributed by atoms with Crippen LogP contribution in [0.25, 0.3) is 0 Å². The van der Waals surface area contributed by atoms with E-state index in [4.69, 9.17) is 12.2 Å². The molecule has 1 aromatic carbocycles. The molecule has 0 atom stereocenters. The molecule has 0 aliphatic carbocycles. The first-order chi connectivity index (χ1) is 10.6. The Hall–Kier alpha value is -2.47. The standard InChI is InChI=1S/C16H19N5S/c1-4-8-17-16(22)21-14-7-5-6-13(10-14)20-15-18-11(2)9-12(3)19-15/h4-7,9-10H,1,8H2,2-3H3,(H2,17,21,22)(H,18,19,20). The number of benzene rings is 1. The third-order valence-corrected chi connectivity index (χ3v) is 3.01. The minimum absolute atomic E-state index is 0.555. The van der Waals surface area contributed by atoms with Crippen molar-refractivity contribution in [1.82, 2.24) is 15.3 Å². The highest BCUT2D eigenvalue weighted by Gasteiger charge is 2.02. The van der Waals surface area contributed by atoms with Crippen LogP contribution in [-0.2, 0) is 0 Å². The quantitative estimate of drug-likeness (QED) is 0.581. The Morgan fingerprint density at radius 3 is 2.55 bits per heavy atom. The van der Waals surface area contributed by atoms with E-state index in [1.165, 1.54) is 0 Å². The van der Waals surface area contributed by atoms with E-state index in [0.717, 1.165) is 22.8 Å². The summed E-state index contributed by atoms with van der Waals surface area (Å²) in [5.41, 5.74) is 3.63. The Morgan fingerprint density at radius 1 is 1.18 bits per heavy atom. The molecule has 0 saturated carbocycles. The van der Waals surface area contributed by atoms with Crippen LogP contribution in [0.1, 0.15) is 11.4 Å². The van der Waals surface area contributed by atoms with Gasteiger partial charge in [0.2, 0.25) is 5.95 Å². The first-order valence-corrected chi connectivity index (χ1v) is 7.33. The third kappa shape index (κ3) is 4.82. The molecule has 2 rings (SSSR count). The molecule has 0 fully saturated rings. The average Bonchev–Trinajstić information content (AvgIpc) is 2.44. The van der Waals surface area contributed by atoms with Crippen LogP contribution >= 0.6 is 12.2 Å². The molecule has 6 heteroatoms. The molecule has 0 aliphatic heterocycles. The van der Waals surface area contributed by atoms with Crippen molar-refractivity contribution in [2.24, 2.45) is 0 Å². The maximum Gasteiger partial charge on any atom is 0.227 e. The summed E-state index contributed by atoms with van der Waals surface area (Å²) < 4.78 is 0. The van der Waals surface area contributed by atoms with Gasteiger partial charge in [0.25, 0.3) is 0 Å². The summed E-state index contributed by atoms with van der Waals surface area (Å²) in [6.45, 7) is 8.16. The van der Waals surface area contributed by atoms with Gasteiger partial charge in [-0.2, -0.15) is 0 Å². The number of nitrogens with one attached hydrogen (secondary N) is 3. The lowest BCUT2D eigenvalue weighted by Crippen LogP contribution is -2.28. The smallest absolute Gasteiger partial charge is 0.227 e. The van der Waals surface area contributed by atoms with Gasteiger partial charge in [-0.3, -0.25) is 0 Å². The maximum absolute atomic E-state index is 5.19. The molecule has 3 N–H and O–H groups in total. The van der Waals surface area contributed by atoms with Gasteiger partial charge in [0, 0.05) is 29.3 Å². The number of hydrogen-bond donors (Lipinski definition) is 3. The maximum atomic E-state index is 5.19. The Labute approximate surface area is 135 Å². The van der Waals surface area contributed by atoms with Crippen molar-refractivity contribution in [1.29, 1.82) is 0 Å². The van der Waals surface area contributed by atoms with Crippen LogP contribution in [0.3, 0.4) is 0 Å². The van der Waals surface area contributed by atoms with Gasteiger partial charge in [0.05, 0.1) is 0 Å². The van der Waals surface area contributed by atoms with Gasteiger partial charge in [0.1, 0.15) is 0 Å². The highest BCUT2D eigenvalue weighted by atomic mass is 32.1. The molecule has 22 heavy (non-hydrogen) atoms. The molecular weight excluding hydrogens is 294 g/mol. The van der Waals surface area contributed by atoms with Crippen LogP contribution in [0.4, 0.5) is 17.3 Å². The van der Waals surface area contributed by atoms with Crippen LogP contribution in [0, 0.1) is 13.8 Å². The predicted octanol–water partition coefficient (Wildman–Crippen LogP) is 3.31. The summed E-state index contributed by atoms with van der Waals surface area (Å²) in [5.74, 6) is 0.585. The molecule has 0 radical (unpaired) electrons. The fourth-order valence-electron chi connectivity index (χ4n) is 1.93. The van der Waals surface area contributed by atoms with Gasteiger partial charge in [-0.1, -0.05) is 12.1 Å². The normalized spacial score (nSPS) is 9.91. The van der Waals surface area contributed by atoms with E-state index in [0.29, 0.717) is 17.6 Å². The number of thiocarbonyl (C=S) groups is 1. The lowest BCUT2D eigenvalue weighted by Gasteiger charge is -2.11. The minimum Gasteiger partial charge on any atom is -0.359 e. The minimum atomic E-state index is 0.555. The Balaban J connectivity index is 2.07. The molecule has 0 saturated heterocycles. The number of nitrogens with zero attached hydrogens (tertiary/aromatic N) is 2.